The van der Waals surface area contributed by atoms with Crippen LogP contribution >= 0.6 is 0 Å². The molecule has 1 saturated heterocycles. The van der Waals surface area contributed by atoms with Gasteiger partial charge in [-0.2, -0.15) is 0 Å². The zero-order chi connectivity index (χ0) is 27.8. The minimum Gasteiger partial charge on any atom is -0.486 e. The summed E-state index contributed by atoms with van der Waals surface area (Å²) in [5, 5.41) is 0. The lowest BCUT2D eigenvalue weighted by atomic mass is 9.82. The van der Waals surface area contributed by atoms with Crippen LogP contribution in [0, 0.1) is 17.5 Å². The van der Waals surface area contributed by atoms with Crippen LogP contribution in [0.2, 0.25) is 0 Å². The first kappa shape index (κ1) is 27.4. The number of hydrogen-bond acceptors (Lipinski definition) is 5. The number of nitrogens with zero attached hydrogens (tertiary/aromatic N) is 4. The molecule has 2 aliphatic heterocycles. The lowest BCUT2D eigenvalue weighted by Gasteiger charge is -2.40. The predicted octanol–water partition coefficient (Wildman–Crippen LogP) is 6.74. The van der Waals surface area contributed by atoms with E-state index in [1.807, 2.05) is 12.1 Å². The average molecular weight is 539 g/mol. The summed E-state index contributed by atoms with van der Waals surface area (Å²) in [6.07, 6.45) is 4.05. The van der Waals surface area contributed by atoms with Gasteiger partial charge in [-0.25, -0.2) is 23.1 Å². The van der Waals surface area contributed by atoms with Crippen molar-refractivity contribution in [1.29, 1.82) is 0 Å². The number of hydrogen-bond donors (Lipinski definition) is 0. The molecule has 3 unspecified atom stereocenters. The van der Waals surface area contributed by atoms with E-state index in [1.165, 1.54) is 12.1 Å². The van der Waals surface area contributed by atoms with E-state index in [1.54, 1.807) is 6.07 Å². The van der Waals surface area contributed by atoms with Crippen LogP contribution in [0.3, 0.4) is 0 Å². The maximum Gasteiger partial charge on any atom is 0.178 e. The molecular weight excluding hydrogens is 501 g/mol. The molecule has 0 spiro atoms. The normalized spacial score (nSPS) is 22.4. The maximum atomic E-state index is 15.3. The van der Waals surface area contributed by atoms with Gasteiger partial charge in [-0.1, -0.05) is 19.1 Å². The zero-order valence-corrected chi connectivity index (χ0v) is 23.3. The van der Waals surface area contributed by atoms with E-state index in [0.717, 1.165) is 31.0 Å². The standard InChI is InChI=1S/C31H37F3N4O/c1-6-18(2)38-9-10-39-31-26(33)15-23(16-28(31)38)30-27(34)17-35-29(36-30)14-21-7-8-24(25(32)13-21)22-11-19(3)37(5)20(4)12-22/h7-8,13,15-20,22H,6,9-12,14H2,1-5H3. The van der Waals surface area contributed by atoms with Crippen molar-refractivity contribution in [3.05, 3.63) is 70.9 Å². The molecule has 0 radical (unpaired) electrons. The Balaban J connectivity index is 1.41. The van der Waals surface area contributed by atoms with E-state index in [4.69, 9.17) is 4.74 Å². The molecule has 0 saturated carbocycles. The van der Waals surface area contributed by atoms with Crippen molar-refractivity contribution in [3.63, 3.8) is 0 Å². The Morgan fingerprint density at radius 3 is 2.46 bits per heavy atom. The summed E-state index contributed by atoms with van der Waals surface area (Å²) in [7, 11) is 2.12. The highest BCUT2D eigenvalue weighted by Crippen LogP contribution is 2.40. The van der Waals surface area contributed by atoms with Gasteiger partial charge < -0.3 is 14.5 Å². The van der Waals surface area contributed by atoms with Crippen molar-refractivity contribution in [1.82, 2.24) is 14.9 Å². The van der Waals surface area contributed by atoms with Gasteiger partial charge in [0.2, 0.25) is 0 Å². The van der Waals surface area contributed by atoms with Gasteiger partial charge in [0.25, 0.3) is 0 Å². The Hall–Kier alpha value is -3.13. The molecule has 3 atom stereocenters. The first-order chi connectivity index (χ1) is 18.7. The highest BCUT2D eigenvalue weighted by Gasteiger charge is 2.31. The summed E-state index contributed by atoms with van der Waals surface area (Å²) >= 11 is 0. The number of rotatable bonds is 6. The summed E-state index contributed by atoms with van der Waals surface area (Å²) in [5.74, 6) is -0.725. The van der Waals surface area contributed by atoms with Crippen LogP contribution in [0.5, 0.6) is 5.75 Å². The van der Waals surface area contributed by atoms with Gasteiger partial charge in [-0.05, 0) is 82.3 Å². The Kier molecular flexibility index (Phi) is 7.85. The molecule has 2 aromatic carbocycles. The SMILES string of the molecule is CCC(C)N1CCOc2c(F)cc(-c3nc(Cc4ccc(C5CC(C)N(C)C(C)C5)c(F)c4)ncc3F)cc21. The smallest absolute Gasteiger partial charge is 0.178 e. The van der Waals surface area contributed by atoms with Crippen LogP contribution in [0.15, 0.2) is 36.5 Å². The molecule has 3 heterocycles. The van der Waals surface area contributed by atoms with Gasteiger partial charge in [-0.15, -0.1) is 0 Å². The van der Waals surface area contributed by atoms with Crippen LogP contribution in [0.4, 0.5) is 18.9 Å². The van der Waals surface area contributed by atoms with Gasteiger partial charge in [0.15, 0.2) is 17.4 Å². The molecule has 2 aliphatic rings. The van der Waals surface area contributed by atoms with Crippen molar-refractivity contribution in [2.24, 2.45) is 0 Å². The highest BCUT2D eigenvalue weighted by atomic mass is 19.1. The van der Waals surface area contributed by atoms with Gasteiger partial charge in [0, 0.05) is 30.1 Å². The summed E-state index contributed by atoms with van der Waals surface area (Å²) in [5.41, 5.74) is 2.38. The molecule has 1 fully saturated rings. The molecule has 0 bridgehead atoms. The average Bonchev–Trinajstić information content (AvgIpc) is 2.92. The van der Waals surface area contributed by atoms with E-state index in [9.17, 15) is 4.39 Å². The van der Waals surface area contributed by atoms with Crippen molar-refractivity contribution in [2.75, 3.05) is 25.1 Å². The lowest BCUT2D eigenvalue weighted by molar-refractivity contribution is 0.121. The Morgan fingerprint density at radius 1 is 1.03 bits per heavy atom. The fourth-order valence-electron chi connectivity index (χ4n) is 5.94. The third kappa shape index (κ3) is 5.49. The van der Waals surface area contributed by atoms with Crippen molar-refractivity contribution in [2.45, 2.75) is 77.4 Å². The van der Waals surface area contributed by atoms with E-state index < -0.39 is 11.6 Å². The fourth-order valence-corrected chi connectivity index (χ4v) is 5.94. The Morgan fingerprint density at radius 2 is 1.77 bits per heavy atom. The summed E-state index contributed by atoms with van der Waals surface area (Å²) in [4.78, 5) is 13.0. The molecule has 208 valence electrons. The van der Waals surface area contributed by atoms with Gasteiger partial charge >= 0.3 is 0 Å². The number of aromatic nitrogens is 2. The third-order valence-electron chi connectivity index (χ3n) is 8.61. The number of anilines is 1. The molecule has 39 heavy (non-hydrogen) atoms. The van der Waals surface area contributed by atoms with Crippen molar-refractivity contribution >= 4 is 5.69 Å². The Labute approximate surface area is 229 Å². The van der Waals surface area contributed by atoms with Crippen LogP contribution in [0.1, 0.15) is 69.8 Å². The van der Waals surface area contributed by atoms with Crippen molar-refractivity contribution in [3.8, 4) is 17.0 Å². The third-order valence-corrected chi connectivity index (χ3v) is 8.61. The zero-order valence-electron chi connectivity index (χ0n) is 23.3. The highest BCUT2D eigenvalue weighted by molar-refractivity contribution is 5.72. The second kappa shape index (κ2) is 11.2. The summed E-state index contributed by atoms with van der Waals surface area (Å²) < 4.78 is 50.9. The van der Waals surface area contributed by atoms with Gasteiger partial charge in [0.05, 0.1) is 18.4 Å². The molecule has 0 N–H and O–H groups in total. The number of ether oxygens (including phenoxy) is 1. The topological polar surface area (TPSA) is 41.5 Å². The predicted molar refractivity (Wildman–Crippen MR) is 148 cm³/mol. The Bertz CT molecular complexity index is 1340. The quantitative estimate of drug-likeness (QED) is 0.348. The van der Waals surface area contributed by atoms with E-state index in [-0.39, 0.29) is 35.6 Å². The molecule has 8 heteroatoms. The van der Waals surface area contributed by atoms with Crippen molar-refractivity contribution < 1.29 is 17.9 Å². The molecule has 0 aliphatic carbocycles. The fraction of sp³-hybridized carbons (Fsp3) is 0.484. The molecule has 1 aromatic heterocycles. The van der Waals surface area contributed by atoms with Gasteiger partial charge in [0.1, 0.15) is 23.9 Å². The number of piperidine rings is 1. The first-order valence-corrected chi connectivity index (χ1v) is 13.9. The number of likely N-dealkylation sites (tertiary alicyclic amines) is 1. The van der Waals surface area contributed by atoms with Gasteiger partial charge in [-0.3, -0.25) is 0 Å². The monoisotopic (exact) mass is 538 g/mol. The maximum absolute atomic E-state index is 15.3. The van der Waals surface area contributed by atoms with E-state index in [0.29, 0.717) is 47.9 Å². The summed E-state index contributed by atoms with van der Waals surface area (Å²) in [6, 6.07) is 9.25. The van der Waals surface area contributed by atoms with E-state index >= 15 is 8.78 Å². The second-order valence-electron chi connectivity index (χ2n) is 11.2. The molecular formula is C31H37F3N4O. The van der Waals surface area contributed by atoms with Crippen LogP contribution in [-0.2, 0) is 6.42 Å². The summed E-state index contributed by atoms with van der Waals surface area (Å²) in [6.45, 7) is 9.52. The number of benzene rings is 2. The second-order valence-corrected chi connectivity index (χ2v) is 11.2. The van der Waals surface area contributed by atoms with Crippen LogP contribution in [0.25, 0.3) is 11.3 Å². The molecule has 5 nitrogen and oxygen atoms in total. The van der Waals surface area contributed by atoms with E-state index in [2.05, 4.69) is 54.5 Å². The lowest BCUT2D eigenvalue weighted by Crippen LogP contribution is -2.43. The molecule has 3 aromatic rings. The molecule has 0 amide bonds. The number of fused-ring (bicyclic) bond motifs is 1. The minimum atomic E-state index is -0.642. The largest absolute Gasteiger partial charge is 0.486 e. The molecule has 5 rings (SSSR count). The van der Waals surface area contributed by atoms with Crippen LogP contribution in [-0.4, -0.2) is 53.2 Å². The number of halogens is 3. The van der Waals surface area contributed by atoms with Crippen LogP contribution < -0.4 is 9.64 Å². The first-order valence-electron chi connectivity index (χ1n) is 13.9. The minimum absolute atomic E-state index is 0.0165.